The molecule has 0 spiro atoms. The van der Waals surface area contributed by atoms with Crippen LogP contribution in [-0.2, 0) is 16.1 Å². The van der Waals surface area contributed by atoms with E-state index in [0.717, 1.165) is 12.8 Å². The van der Waals surface area contributed by atoms with Crippen LogP contribution in [0.1, 0.15) is 37.0 Å². The first-order valence-corrected chi connectivity index (χ1v) is 11.1. The first-order chi connectivity index (χ1) is 14.5. The molecule has 3 rings (SSSR count). The van der Waals surface area contributed by atoms with Crippen molar-refractivity contribution in [2.45, 2.75) is 44.5 Å². The zero-order valence-electron chi connectivity index (χ0n) is 17.2. The number of amides is 2. The summed E-state index contributed by atoms with van der Waals surface area (Å²) in [5, 5.41) is 9.71. The van der Waals surface area contributed by atoms with Crippen molar-refractivity contribution in [3.63, 3.8) is 0 Å². The number of aromatic amines is 1. The summed E-state index contributed by atoms with van der Waals surface area (Å²) < 4.78 is 7.09. The molecule has 1 atom stereocenters. The van der Waals surface area contributed by atoms with Crippen LogP contribution < -0.4 is 11.0 Å². The van der Waals surface area contributed by atoms with Crippen LogP contribution in [0.15, 0.2) is 34.2 Å². The van der Waals surface area contributed by atoms with Gasteiger partial charge in [0.25, 0.3) is 5.91 Å². The molecular formula is C20H27N5O4S. The molecule has 10 heteroatoms. The molecule has 2 heterocycles. The quantitative estimate of drug-likeness (QED) is 0.585. The Hall–Kier alpha value is -2.59. The van der Waals surface area contributed by atoms with E-state index in [1.54, 1.807) is 29.2 Å². The van der Waals surface area contributed by atoms with E-state index in [9.17, 15) is 14.4 Å². The Morgan fingerprint density at radius 1 is 1.30 bits per heavy atom. The van der Waals surface area contributed by atoms with Gasteiger partial charge in [0.15, 0.2) is 5.16 Å². The lowest BCUT2D eigenvalue weighted by Gasteiger charge is -2.18. The first-order valence-electron chi connectivity index (χ1n) is 10.1. The number of aromatic nitrogens is 3. The molecule has 1 aromatic carbocycles. The molecule has 162 valence electrons. The number of thioether (sulfide) groups is 1. The molecule has 0 unspecified atom stereocenters. The Kier molecular flexibility index (Phi) is 7.69. The Morgan fingerprint density at radius 2 is 2.03 bits per heavy atom. The van der Waals surface area contributed by atoms with Crippen LogP contribution in [0.5, 0.6) is 0 Å². The van der Waals surface area contributed by atoms with E-state index >= 15 is 0 Å². The summed E-state index contributed by atoms with van der Waals surface area (Å²) in [5.74, 6) is -0.145. The minimum Gasteiger partial charge on any atom is -0.376 e. The molecule has 0 saturated carbocycles. The highest BCUT2D eigenvalue weighted by molar-refractivity contribution is 7.99. The van der Waals surface area contributed by atoms with Gasteiger partial charge in [0.1, 0.15) is 0 Å². The highest BCUT2D eigenvalue weighted by Gasteiger charge is 2.20. The fraction of sp³-hybridized carbons (Fsp3) is 0.500. The number of benzene rings is 1. The van der Waals surface area contributed by atoms with Crippen molar-refractivity contribution in [2.24, 2.45) is 0 Å². The van der Waals surface area contributed by atoms with Gasteiger partial charge in [0, 0.05) is 30.9 Å². The summed E-state index contributed by atoms with van der Waals surface area (Å²) in [6.45, 7) is 6.32. The third-order valence-corrected chi connectivity index (χ3v) is 5.91. The summed E-state index contributed by atoms with van der Waals surface area (Å²) in [7, 11) is 0. The van der Waals surface area contributed by atoms with Crippen molar-refractivity contribution in [1.29, 1.82) is 0 Å². The SMILES string of the molecule is CCN(CC)C(=O)c1ccc(NC(=O)CSc2n[nH]c(=O)n2C[C@@H]2CCCO2)cc1. The fourth-order valence-electron chi connectivity index (χ4n) is 3.28. The van der Waals surface area contributed by atoms with E-state index in [0.29, 0.717) is 42.6 Å². The number of anilines is 1. The normalized spacial score (nSPS) is 15.9. The maximum atomic E-state index is 12.3. The molecule has 30 heavy (non-hydrogen) atoms. The zero-order chi connectivity index (χ0) is 21.5. The number of ether oxygens (including phenoxy) is 1. The number of H-pyrrole nitrogens is 1. The summed E-state index contributed by atoms with van der Waals surface area (Å²) in [6, 6.07) is 6.83. The summed E-state index contributed by atoms with van der Waals surface area (Å²) in [4.78, 5) is 38.4. The van der Waals surface area contributed by atoms with Crippen molar-refractivity contribution < 1.29 is 14.3 Å². The topological polar surface area (TPSA) is 109 Å². The molecule has 1 fully saturated rings. The van der Waals surface area contributed by atoms with Crippen LogP contribution in [-0.4, -0.2) is 63.0 Å². The van der Waals surface area contributed by atoms with E-state index in [4.69, 9.17) is 4.74 Å². The van der Waals surface area contributed by atoms with E-state index < -0.39 is 0 Å². The van der Waals surface area contributed by atoms with Gasteiger partial charge in [-0.1, -0.05) is 11.8 Å². The van der Waals surface area contributed by atoms with Crippen LogP contribution in [0.3, 0.4) is 0 Å². The Balaban J connectivity index is 1.54. The second kappa shape index (κ2) is 10.4. The van der Waals surface area contributed by atoms with Gasteiger partial charge < -0.3 is 15.0 Å². The molecule has 2 N–H and O–H groups in total. The van der Waals surface area contributed by atoms with Crippen LogP contribution >= 0.6 is 11.8 Å². The molecule has 1 aromatic heterocycles. The van der Waals surface area contributed by atoms with Gasteiger partial charge in [-0.05, 0) is 51.0 Å². The molecule has 2 aromatic rings. The lowest BCUT2D eigenvalue weighted by molar-refractivity contribution is -0.113. The lowest BCUT2D eigenvalue weighted by Crippen LogP contribution is -2.30. The zero-order valence-corrected chi connectivity index (χ0v) is 18.0. The molecular weight excluding hydrogens is 406 g/mol. The van der Waals surface area contributed by atoms with E-state index in [-0.39, 0.29) is 29.4 Å². The van der Waals surface area contributed by atoms with Gasteiger partial charge in [0.05, 0.1) is 18.4 Å². The van der Waals surface area contributed by atoms with Crippen molar-refractivity contribution in [1.82, 2.24) is 19.7 Å². The number of hydrogen-bond acceptors (Lipinski definition) is 6. The van der Waals surface area contributed by atoms with Gasteiger partial charge in [-0.15, -0.1) is 5.10 Å². The van der Waals surface area contributed by atoms with Gasteiger partial charge >= 0.3 is 5.69 Å². The van der Waals surface area contributed by atoms with Gasteiger partial charge in [-0.2, -0.15) is 0 Å². The van der Waals surface area contributed by atoms with Gasteiger partial charge in [0.2, 0.25) is 5.91 Å². The highest BCUT2D eigenvalue weighted by Crippen LogP contribution is 2.19. The Labute approximate surface area is 179 Å². The molecule has 9 nitrogen and oxygen atoms in total. The first kappa shape index (κ1) is 22.1. The number of carbonyl (C=O) groups is 2. The van der Waals surface area contributed by atoms with Crippen molar-refractivity contribution in [3.8, 4) is 0 Å². The molecule has 0 aliphatic carbocycles. The smallest absolute Gasteiger partial charge is 0.344 e. The van der Waals surface area contributed by atoms with Crippen molar-refractivity contribution in [3.05, 3.63) is 40.3 Å². The number of hydrogen-bond donors (Lipinski definition) is 2. The van der Waals surface area contributed by atoms with Gasteiger partial charge in [-0.25, -0.2) is 9.89 Å². The predicted molar refractivity (Wildman–Crippen MR) is 115 cm³/mol. The van der Waals surface area contributed by atoms with Crippen molar-refractivity contribution in [2.75, 3.05) is 30.8 Å². The monoisotopic (exact) mass is 433 g/mol. The van der Waals surface area contributed by atoms with Crippen molar-refractivity contribution >= 4 is 29.3 Å². The molecule has 1 aliphatic rings. The van der Waals surface area contributed by atoms with E-state index in [1.807, 2.05) is 13.8 Å². The molecule has 0 bridgehead atoms. The van der Waals surface area contributed by atoms with E-state index in [1.165, 1.54) is 16.3 Å². The van der Waals surface area contributed by atoms with Crippen LogP contribution in [0.2, 0.25) is 0 Å². The minimum atomic E-state index is -0.304. The number of nitrogens with zero attached hydrogens (tertiary/aromatic N) is 3. The average molecular weight is 434 g/mol. The number of carbonyl (C=O) groups excluding carboxylic acids is 2. The molecule has 0 radical (unpaired) electrons. The molecule has 1 aliphatic heterocycles. The second-order valence-corrected chi connectivity index (χ2v) is 7.89. The fourth-order valence-corrected chi connectivity index (χ4v) is 4.04. The maximum absolute atomic E-state index is 12.3. The third-order valence-electron chi connectivity index (χ3n) is 4.93. The highest BCUT2D eigenvalue weighted by atomic mass is 32.2. The summed E-state index contributed by atoms with van der Waals surface area (Å²) >= 11 is 1.19. The Bertz CT molecular complexity index is 914. The third kappa shape index (κ3) is 5.51. The maximum Gasteiger partial charge on any atom is 0.344 e. The van der Waals surface area contributed by atoms with Crippen LogP contribution in [0.25, 0.3) is 0 Å². The second-order valence-electron chi connectivity index (χ2n) is 6.95. The van der Waals surface area contributed by atoms with Crippen LogP contribution in [0.4, 0.5) is 5.69 Å². The van der Waals surface area contributed by atoms with E-state index in [2.05, 4.69) is 15.5 Å². The largest absolute Gasteiger partial charge is 0.376 e. The molecule has 1 saturated heterocycles. The predicted octanol–water partition coefficient (Wildman–Crippen LogP) is 1.96. The minimum absolute atomic E-state index is 0.00559. The average Bonchev–Trinajstić information content (AvgIpc) is 3.39. The summed E-state index contributed by atoms with van der Waals surface area (Å²) in [5.41, 5.74) is 0.887. The summed E-state index contributed by atoms with van der Waals surface area (Å²) in [6.07, 6.45) is 1.90. The van der Waals surface area contributed by atoms with Gasteiger partial charge in [-0.3, -0.25) is 14.2 Å². The standard InChI is InChI=1S/C20H27N5O4S/c1-3-24(4-2)18(27)14-7-9-15(10-8-14)21-17(26)13-30-20-23-22-19(28)25(20)12-16-6-5-11-29-16/h7-10,16H,3-6,11-13H2,1-2H3,(H,21,26)(H,22,28)/t16-/m0/s1. The molecule has 2 amide bonds. The number of nitrogens with one attached hydrogen (secondary N) is 2. The van der Waals surface area contributed by atoms with Crippen LogP contribution in [0, 0.1) is 0 Å². The number of rotatable bonds is 9. The lowest BCUT2D eigenvalue weighted by atomic mass is 10.2. The Morgan fingerprint density at radius 3 is 2.67 bits per heavy atom.